The maximum absolute atomic E-state index is 12.0. The summed E-state index contributed by atoms with van der Waals surface area (Å²) >= 11 is 0. The van der Waals surface area contributed by atoms with Crippen LogP contribution >= 0.6 is 0 Å². The van der Waals surface area contributed by atoms with E-state index >= 15 is 0 Å². The van der Waals surface area contributed by atoms with Crippen LogP contribution in [0.15, 0.2) is 53.4 Å². The number of hydrogen-bond acceptors (Lipinski definition) is 4. The van der Waals surface area contributed by atoms with Crippen molar-refractivity contribution in [3.63, 3.8) is 0 Å². The van der Waals surface area contributed by atoms with Crippen molar-refractivity contribution in [1.82, 2.24) is 14.9 Å². The topological polar surface area (TPSA) is 78.5 Å². The smallest absolute Gasteiger partial charge is 0.251 e. The molecule has 7 heteroatoms. The molecule has 0 atom stereocenters. The van der Waals surface area contributed by atoms with Gasteiger partial charge in [0.1, 0.15) is 0 Å². The lowest BCUT2D eigenvalue weighted by Crippen LogP contribution is -2.22. The number of benzene rings is 2. The Bertz CT molecular complexity index is 814. The standard InChI is InChI=1S/C18H23N3O3S/c1-19-18(22)16-8-4-14(5-9-16)12-20-13-15-6-10-17(11-7-15)25(23,24)21(2)3/h4-11,20H,12-13H2,1-3H3,(H,19,22). The Morgan fingerprint density at radius 3 is 1.84 bits per heavy atom. The van der Waals surface area contributed by atoms with Gasteiger partial charge in [0.05, 0.1) is 4.90 Å². The first-order chi connectivity index (χ1) is 11.8. The lowest BCUT2D eigenvalue weighted by atomic mass is 10.1. The van der Waals surface area contributed by atoms with Crippen molar-refractivity contribution in [1.29, 1.82) is 0 Å². The average Bonchev–Trinajstić information content (AvgIpc) is 2.62. The predicted molar refractivity (Wildman–Crippen MR) is 97.7 cm³/mol. The molecule has 2 aromatic rings. The van der Waals surface area contributed by atoms with Gasteiger partial charge in [-0.3, -0.25) is 4.79 Å². The Labute approximate surface area is 148 Å². The summed E-state index contributed by atoms with van der Waals surface area (Å²) in [5, 5.41) is 5.89. The zero-order valence-corrected chi connectivity index (χ0v) is 15.4. The fourth-order valence-corrected chi connectivity index (χ4v) is 3.16. The summed E-state index contributed by atoms with van der Waals surface area (Å²) in [4.78, 5) is 11.8. The van der Waals surface area contributed by atoms with E-state index in [1.165, 1.54) is 18.4 Å². The fourth-order valence-electron chi connectivity index (χ4n) is 2.26. The van der Waals surface area contributed by atoms with E-state index in [1.807, 2.05) is 12.1 Å². The third-order valence-electron chi connectivity index (χ3n) is 3.80. The molecule has 0 heterocycles. The SMILES string of the molecule is CNC(=O)c1ccc(CNCc2ccc(S(=O)(=O)N(C)C)cc2)cc1. The monoisotopic (exact) mass is 361 g/mol. The van der Waals surface area contributed by atoms with Gasteiger partial charge >= 0.3 is 0 Å². The summed E-state index contributed by atoms with van der Waals surface area (Å²) in [6.45, 7) is 1.28. The number of amides is 1. The van der Waals surface area contributed by atoms with Crippen molar-refractivity contribution >= 4 is 15.9 Å². The molecular weight excluding hydrogens is 338 g/mol. The summed E-state index contributed by atoms with van der Waals surface area (Å²) in [6.07, 6.45) is 0. The molecule has 0 aliphatic heterocycles. The van der Waals surface area contributed by atoms with Gasteiger partial charge in [-0.2, -0.15) is 0 Å². The Morgan fingerprint density at radius 2 is 1.40 bits per heavy atom. The van der Waals surface area contributed by atoms with Crippen molar-refractivity contribution in [3.05, 3.63) is 65.2 Å². The number of rotatable bonds is 7. The van der Waals surface area contributed by atoms with Crippen LogP contribution in [0.5, 0.6) is 0 Å². The Hall–Kier alpha value is -2.22. The molecule has 0 bridgehead atoms. The van der Waals surface area contributed by atoms with Crippen LogP contribution in [-0.4, -0.2) is 39.8 Å². The third-order valence-corrected chi connectivity index (χ3v) is 5.63. The van der Waals surface area contributed by atoms with Crippen molar-refractivity contribution in [2.45, 2.75) is 18.0 Å². The quantitative estimate of drug-likeness (QED) is 0.785. The zero-order valence-electron chi connectivity index (χ0n) is 14.6. The van der Waals surface area contributed by atoms with Gasteiger partial charge in [-0.15, -0.1) is 0 Å². The highest BCUT2D eigenvalue weighted by atomic mass is 32.2. The average molecular weight is 361 g/mol. The van der Waals surface area contributed by atoms with Gasteiger partial charge in [0.2, 0.25) is 10.0 Å². The molecule has 0 unspecified atom stereocenters. The lowest BCUT2D eigenvalue weighted by molar-refractivity contribution is 0.0963. The second kappa shape index (κ2) is 8.24. The lowest BCUT2D eigenvalue weighted by Gasteiger charge is -2.12. The van der Waals surface area contributed by atoms with E-state index in [1.54, 1.807) is 43.4 Å². The Kier molecular flexibility index (Phi) is 6.30. The van der Waals surface area contributed by atoms with Gasteiger partial charge in [-0.25, -0.2) is 12.7 Å². The molecule has 0 aliphatic rings. The molecule has 6 nitrogen and oxygen atoms in total. The molecule has 0 aliphatic carbocycles. The van der Waals surface area contributed by atoms with Crippen molar-refractivity contribution < 1.29 is 13.2 Å². The normalized spacial score (nSPS) is 11.5. The first-order valence-electron chi connectivity index (χ1n) is 7.88. The first-order valence-corrected chi connectivity index (χ1v) is 9.32. The number of hydrogen-bond donors (Lipinski definition) is 2. The van der Waals surface area contributed by atoms with E-state index in [0.29, 0.717) is 18.7 Å². The predicted octanol–water partition coefficient (Wildman–Crippen LogP) is 1.59. The zero-order chi connectivity index (χ0) is 18.4. The number of carbonyl (C=O) groups excluding carboxylic acids is 1. The minimum atomic E-state index is -3.39. The van der Waals surface area contributed by atoms with Crippen molar-refractivity contribution in [2.75, 3.05) is 21.1 Å². The molecule has 2 N–H and O–H groups in total. The second-order valence-corrected chi connectivity index (χ2v) is 7.96. The highest BCUT2D eigenvalue weighted by Gasteiger charge is 2.16. The van der Waals surface area contributed by atoms with Gasteiger partial charge in [0.15, 0.2) is 0 Å². The Morgan fingerprint density at radius 1 is 0.920 bits per heavy atom. The molecule has 0 aromatic heterocycles. The van der Waals surface area contributed by atoms with Crippen LogP contribution in [0.25, 0.3) is 0 Å². The first kappa shape index (κ1) is 19.1. The van der Waals surface area contributed by atoms with Crippen LogP contribution in [0.3, 0.4) is 0 Å². The summed E-state index contributed by atoms with van der Waals surface area (Å²) in [6, 6.07) is 14.2. The van der Waals surface area contributed by atoms with E-state index in [-0.39, 0.29) is 10.8 Å². The van der Waals surface area contributed by atoms with Gasteiger partial charge in [0, 0.05) is 39.8 Å². The molecule has 0 saturated heterocycles. The molecule has 134 valence electrons. The van der Waals surface area contributed by atoms with E-state index in [9.17, 15) is 13.2 Å². The molecule has 0 fully saturated rings. The number of sulfonamides is 1. The van der Waals surface area contributed by atoms with Crippen LogP contribution in [0.1, 0.15) is 21.5 Å². The van der Waals surface area contributed by atoms with Crippen LogP contribution in [0, 0.1) is 0 Å². The van der Waals surface area contributed by atoms with E-state index < -0.39 is 10.0 Å². The maximum Gasteiger partial charge on any atom is 0.251 e. The van der Waals surface area contributed by atoms with Crippen LogP contribution in [0.4, 0.5) is 0 Å². The fraction of sp³-hybridized carbons (Fsp3) is 0.278. The van der Waals surface area contributed by atoms with Gasteiger partial charge in [-0.05, 0) is 35.4 Å². The molecule has 0 spiro atoms. The van der Waals surface area contributed by atoms with E-state index in [2.05, 4.69) is 10.6 Å². The third kappa shape index (κ3) is 4.88. The largest absolute Gasteiger partial charge is 0.355 e. The highest BCUT2D eigenvalue weighted by Crippen LogP contribution is 2.14. The van der Waals surface area contributed by atoms with E-state index in [0.717, 1.165) is 11.1 Å². The molecule has 0 saturated carbocycles. The van der Waals surface area contributed by atoms with Crippen LogP contribution in [0.2, 0.25) is 0 Å². The van der Waals surface area contributed by atoms with Crippen molar-refractivity contribution in [3.8, 4) is 0 Å². The van der Waals surface area contributed by atoms with Crippen LogP contribution in [-0.2, 0) is 23.1 Å². The molecule has 1 amide bonds. The van der Waals surface area contributed by atoms with Gasteiger partial charge in [0.25, 0.3) is 5.91 Å². The highest BCUT2D eigenvalue weighted by molar-refractivity contribution is 7.89. The summed E-state index contributed by atoms with van der Waals surface area (Å²) in [7, 11) is 1.24. The number of carbonyl (C=O) groups is 1. The molecular formula is C18H23N3O3S. The molecule has 25 heavy (non-hydrogen) atoms. The summed E-state index contributed by atoms with van der Waals surface area (Å²) < 4.78 is 25.2. The van der Waals surface area contributed by atoms with Gasteiger partial charge < -0.3 is 10.6 Å². The molecule has 2 rings (SSSR count). The number of nitrogens with one attached hydrogen (secondary N) is 2. The molecule has 0 radical (unpaired) electrons. The van der Waals surface area contributed by atoms with Crippen molar-refractivity contribution in [2.24, 2.45) is 0 Å². The minimum absolute atomic E-state index is 0.104. The van der Waals surface area contributed by atoms with Gasteiger partial charge in [-0.1, -0.05) is 24.3 Å². The summed E-state index contributed by atoms with van der Waals surface area (Å²) in [5.74, 6) is -0.104. The van der Waals surface area contributed by atoms with Crippen LogP contribution < -0.4 is 10.6 Å². The molecule has 2 aromatic carbocycles. The summed E-state index contributed by atoms with van der Waals surface area (Å²) in [5.41, 5.74) is 2.70. The van der Waals surface area contributed by atoms with E-state index in [4.69, 9.17) is 0 Å². The minimum Gasteiger partial charge on any atom is -0.355 e. The Balaban J connectivity index is 1.91. The number of nitrogens with zero attached hydrogens (tertiary/aromatic N) is 1. The second-order valence-electron chi connectivity index (χ2n) is 5.81. The maximum atomic E-state index is 12.0.